The molecule has 3 heteroatoms. The third-order valence-corrected chi connectivity index (χ3v) is 1.26. The second kappa shape index (κ2) is 4.10. The van der Waals surface area contributed by atoms with Crippen LogP contribution in [0.3, 0.4) is 0 Å². The quantitative estimate of drug-likeness (QED) is 0.678. The van der Waals surface area contributed by atoms with Crippen LogP contribution in [0.5, 0.6) is 0 Å². The predicted molar refractivity (Wildman–Crippen MR) is 47.3 cm³/mol. The van der Waals surface area contributed by atoms with Gasteiger partial charge in [0.2, 0.25) is 5.91 Å². The van der Waals surface area contributed by atoms with E-state index in [9.17, 15) is 4.79 Å². The lowest BCUT2D eigenvalue weighted by Gasteiger charge is -2.17. The Kier molecular flexibility index (Phi) is 3.75. The average molecular weight is 168 g/mol. The molecule has 0 saturated carbocycles. The molecule has 12 heavy (non-hydrogen) atoms. The van der Waals surface area contributed by atoms with E-state index in [4.69, 9.17) is 5.26 Å². The van der Waals surface area contributed by atoms with Gasteiger partial charge in [-0.2, -0.15) is 5.26 Å². The van der Waals surface area contributed by atoms with Crippen LogP contribution >= 0.6 is 0 Å². The van der Waals surface area contributed by atoms with E-state index >= 15 is 0 Å². The Morgan fingerprint density at radius 2 is 2.08 bits per heavy atom. The Labute approximate surface area is 73.8 Å². The number of amides is 1. The number of hydrogen-bond acceptors (Lipinski definition) is 2. The fourth-order valence-electron chi connectivity index (χ4n) is 0.806. The van der Waals surface area contributed by atoms with Crippen molar-refractivity contribution in [3.8, 4) is 6.07 Å². The minimum Gasteiger partial charge on any atom is -0.341 e. The Morgan fingerprint density at radius 3 is 2.42 bits per heavy atom. The van der Waals surface area contributed by atoms with Gasteiger partial charge in [0, 0.05) is 6.42 Å². The van der Waals surface area contributed by atoms with E-state index in [1.54, 1.807) is 6.92 Å². The van der Waals surface area contributed by atoms with Crippen molar-refractivity contribution < 1.29 is 4.79 Å². The van der Waals surface area contributed by atoms with Crippen LogP contribution in [0.4, 0.5) is 0 Å². The van der Waals surface area contributed by atoms with Crippen LogP contribution in [0.25, 0.3) is 0 Å². The summed E-state index contributed by atoms with van der Waals surface area (Å²) in [5.41, 5.74) is -0.0146. The van der Waals surface area contributed by atoms with E-state index in [1.807, 2.05) is 26.8 Å². The van der Waals surface area contributed by atoms with Crippen molar-refractivity contribution in [2.45, 2.75) is 40.2 Å². The lowest BCUT2D eigenvalue weighted by atomic mass is 9.92. The Bertz CT molecular complexity index is 198. The normalized spacial score (nSPS) is 13.2. The second-order valence-corrected chi connectivity index (χ2v) is 4.16. The molecule has 0 aliphatic rings. The molecule has 1 atom stereocenters. The maximum atomic E-state index is 11.2. The summed E-state index contributed by atoms with van der Waals surface area (Å²) < 4.78 is 0. The molecule has 0 radical (unpaired) electrons. The lowest BCUT2D eigenvalue weighted by molar-refractivity contribution is -0.123. The van der Waals surface area contributed by atoms with Crippen LogP contribution < -0.4 is 5.32 Å². The molecule has 68 valence electrons. The maximum Gasteiger partial charge on any atom is 0.221 e. The van der Waals surface area contributed by atoms with E-state index in [-0.39, 0.29) is 17.4 Å². The molecular formula is C9H16N2O. The third-order valence-electron chi connectivity index (χ3n) is 1.26. The van der Waals surface area contributed by atoms with Gasteiger partial charge in [-0.25, -0.2) is 0 Å². The molecule has 3 nitrogen and oxygen atoms in total. The number of carbonyl (C=O) groups is 1. The van der Waals surface area contributed by atoms with Gasteiger partial charge >= 0.3 is 0 Å². The van der Waals surface area contributed by atoms with Gasteiger partial charge in [0.25, 0.3) is 0 Å². The highest BCUT2D eigenvalue weighted by Crippen LogP contribution is 2.17. The Morgan fingerprint density at radius 1 is 1.58 bits per heavy atom. The van der Waals surface area contributed by atoms with Crippen LogP contribution in [-0.2, 0) is 4.79 Å². The fraction of sp³-hybridized carbons (Fsp3) is 0.778. The molecule has 0 heterocycles. The van der Waals surface area contributed by atoms with Gasteiger partial charge in [-0.1, -0.05) is 20.8 Å². The SMILES string of the molecule is C[C@H](C#N)NC(=O)CC(C)(C)C. The predicted octanol–water partition coefficient (Wildman–Crippen LogP) is 1.45. The molecule has 0 unspecified atom stereocenters. The van der Waals surface area contributed by atoms with Crippen LogP contribution in [0.2, 0.25) is 0 Å². The van der Waals surface area contributed by atoms with Crippen molar-refractivity contribution in [1.82, 2.24) is 5.32 Å². The lowest BCUT2D eigenvalue weighted by Crippen LogP contribution is -2.33. The zero-order chi connectivity index (χ0) is 9.78. The molecular weight excluding hydrogens is 152 g/mol. The van der Waals surface area contributed by atoms with E-state index in [0.717, 1.165) is 0 Å². The summed E-state index contributed by atoms with van der Waals surface area (Å²) in [6, 6.07) is 1.56. The standard InChI is InChI=1S/C9H16N2O/c1-7(6-10)11-8(12)5-9(2,3)4/h7H,5H2,1-4H3,(H,11,12)/t7-/m1/s1. The molecule has 0 aromatic carbocycles. The van der Waals surface area contributed by atoms with Gasteiger partial charge in [-0.05, 0) is 12.3 Å². The number of hydrogen-bond donors (Lipinski definition) is 1. The van der Waals surface area contributed by atoms with Crippen molar-refractivity contribution in [1.29, 1.82) is 5.26 Å². The highest BCUT2D eigenvalue weighted by molar-refractivity contribution is 5.77. The molecule has 0 aliphatic carbocycles. The molecule has 0 spiro atoms. The minimum atomic E-state index is -0.389. The number of nitrogens with one attached hydrogen (secondary N) is 1. The van der Waals surface area contributed by atoms with E-state index in [0.29, 0.717) is 6.42 Å². The van der Waals surface area contributed by atoms with Crippen LogP contribution in [0.1, 0.15) is 34.1 Å². The van der Waals surface area contributed by atoms with Crippen molar-refractivity contribution in [3.05, 3.63) is 0 Å². The molecule has 0 bridgehead atoms. The first-order valence-electron chi connectivity index (χ1n) is 4.04. The summed E-state index contributed by atoms with van der Waals surface area (Å²) in [5.74, 6) is -0.0587. The average Bonchev–Trinajstić information content (AvgIpc) is 1.82. The number of rotatable bonds is 2. The third kappa shape index (κ3) is 5.72. The fourth-order valence-corrected chi connectivity index (χ4v) is 0.806. The summed E-state index contributed by atoms with van der Waals surface area (Å²) in [4.78, 5) is 11.2. The smallest absolute Gasteiger partial charge is 0.221 e. The summed E-state index contributed by atoms with van der Waals surface area (Å²) in [6.45, 7) is 7.64. The highest BCUT2D eigenvalue weighted by Gasteiger charge is 2.16. The minimum absolute atomic E-state index is 0.0146. The summed E-state index contributed by atoms with van der Waals surface area (Å²) in [6.07, 6.45) is 0.457. The zero-order valence-electron chi connectivity index (χ0n) is 8.14. The van der Waals surface area contributed by atoms with E-state index in [2.05, 4.69) is 5.32 Å². The first kappa shape index (κ1) is 11.0. The van der Waals surface area contributed by atoms with Gasteiger partial charge in [0.1, 0.15) is 6.04 Å². The second-order valence-electron chi connectivity index (χ2n) is 4.16. The van der Waals surface area contributed by atoms with Gasteiger partial charge in [-0.15, -0.1) is 0 Å². The van der Waals surface area contributed by atoms with Crippen LogP contribution in [-0.4, -0.2) is 11.9 Å². The Balaban J connectivity index is 3.85. The summed E-state index contributed by atoms with van der Waals surface area (Å²) >= 11 is 0. The monoisotopic (exact) mass is 168 g/mol. The van der Waals surface area contributed by atoms with Gasteiger partial charge < -0.3 is 5.32 Å². The van der Waals surface area contributed by atoms with Crippen molar-refractivity contribution in [2.24, 2.45) is 5.41 Å². The summed E-state index contributed by atoms with van der Waals surface area (Å²) in [7, 11) is 0. The van der Waals surface area contributed by atoms with Gasteiger partial charge in [-0.3, -0.25) is 4.79 Å². The maximum absolute atomic E-state index is 11.2. The Hall–Kier alpha value is -1.04. The van der Waals surface area contributed by atoms with Crippen LogP contribution in [0, 0.1) is 16.7 Å². The first-order valence-corrected chi connectivity index (χ1v) is 4.04. The number of carbonyl (C=O) groups excluding carboxylic acids is 1. The van der Waals surface area contributed by atoms with Crippen molar-refractivity contribution in [3.63, 3.8) is 0 Å². The molecule has 1 N–H and O–H groups in total. The largest absolute Gasteiger partial charge is 0.341 e. The van der Waals surface area contributed by atoms with Crippen molar-refractivity contribution in [2.75, 3.05) is 0 Å². The molecule has 0 aromatic heterocycles. The molecule has 0 fully saturated rings. The molecule has 1 amide bonds. The first-order chi connectivity index (χ1) is 5.35. The molecule has 0 aliphatic heterocycles. The highest BCUT2D eigenvalue weighted by atomic mass is 16.1. The molecule has 0 aromatic rings. The van der Waals surface area contributed by atoms with E-state index < -0.39 is 0 Å². The number of nitriles is 1. The van der Waals surface area contributed by atoms with Crippen LogP contribution in [0.15, 0.2) is 0 Å². The molecule has 0 rings (SSSR count). The summed E-state index contributed by atoms with van der Waals surface area (Å²) in [5, 5.41) is 11.0. The topological polar surface area (TPSA) is 52.9 Å². The van der Waals surface area contributed by atoms with Gasteiger partial charge in [0.05, 0.1) is 6.07 Å². The number of nitrogens with zero attached hydrogens (tertiary/aromatic N) is 1. The van der Waals surface area contributed by atoms with Crippen molar-refractivity contribution >= 4 is 5.91 Å². The molecule has 0 saturated heterocycles. The zero-order valence-corrected chi connectivity index (χ0v) is 8.14. The van der Waals surface area contributed by atoms with Gasteiger partial charge in [0.15, 0.2) is 0 Å². The van der Waals surface area contributed by atoms with E-state index in [1.165, 1.54) is 0 Å².